The Morgan fingerprint density at radius 2 is 1.96 bits per heavy atom. The molecule has 136 valence electrons. The van der Waals surface area contributed by atoms with Gasteiger partial charge < -0.3 is 4.74 Å². The van der Waals surface area contributed by atoms with E-state index in [2.05, 4.69) is 27.4 Å². The number of rotatable bonds is 2. The molecule has 0 N–H and O–H groups in total. The zero-order valence-electron chi connectivity index (χ0n) is 13.9. The molecule has 0 aliphatic carbocycles. The van der Waals surface area contributed by atoms with E-state index in [0.717, 1.165) is 27.7 Å². The number of thiophene rings is 1. The summed E-state index contributed by atoms with van der Waals surface area (Å²) >= 11 is 17.9. The predicted octanol–water partition coefficient (Wildman–Crippen LogP) is 7.06. The van der Waals surface area contributed by atoms with Crippen LogP contribution >= 0.6 is 50.5 Å². The number of benzene rings is 2. The molecule has 0 radical (unpaired) electrons. The van der Waals surface area contributed by atoms with Crippen molar-refractivity contribution < 1.29 is 4.74 Å². The normalized spacial score (nSPS) is 20.7. The van der Waals surface area contributed by atoms with E-state index < -0.39 is 0 Å². The molecule has 0 saturated heterocycles. The summed E-state index contributed by atoms with van der Waals surface area (Å²) in [7, 11) is 0. The topological polar surface area (TPSA) is 24.8 Å². The number of hydrogen-bond donors (Lipinski definition) is 0. The van der Waals surface area contributed by atoms with Gasteiger partial charge >= 0.3 is 0 Å². The van der Waals surface area contributed by atoms with Crippen LogP contribution in [0.4, 0.5) is 0 Å². The lowest BCUT2D eigenvalue weighted by Gasteiger charge is -2.38. The van der Waals surface area contributed by atoms with Crippen LogP contribution in [0.1, 0.15) is 34.7 Å². The highest BCUT2D eigenvalue weighted by atomic mass is 79.9. The Morgan fingerprint density at radius 3 is 2.70 bits per heavy atom. The minimum absolute atomic E-state index is 0.0377. The fraction of sp³-hybridized carbons (Fsp3) is 0.150. The average Bonchev–Trinajstić information content (AvgIpc) is 3.32. The number of fused-ring (bicyclic) bond motifs is 3. The summed E-state index contributed by atoms with van der Waals surface area (Å²) in [6.45, 7) is 0. The van der Waals surface area contributed by atoms with Gasteiger partial charge in [0.05, 0.1) is 21.7 Å². The van der Waals surface area contributed by atoms with Crippen molar-refractivity contribution in [3.05, 3.63) is 84.4 Å². The van der Waals surface area contributed by atoms with Crippen molar-refractivity contribution >= 4 is 56.2 Å². The standard InChI is InChI=1S/C20H13BrCl2N2OS/c21-12-5-3-11(4-6-12)20-25-17(10-16(24-25)18-2-1-7-27-18)14-8-13(22)9-15(23)19(14)26-20/h1-9,17,20H,10H2. The van der Waals surface area contributed by atoms with Crippen LogP contribution in [-0.4, -0.2) is 10.7 Å². The second-order valence-electron chi connectivity index (χ2n) is 6.45. The molecule has 7 heteroatoms. The van der Waals surface area contributed by atoms with Gasteiger partial charge in [-0.3, -0.25) is 0 Å². The lowest BCUT2D eigenvalue weighted by molar-refractivity contribution is -0.0189. The molecule has 0 spiro atoms. The first-order chi connectivity index (χ1) is 13.1. The molecule has 0 amide bonds. The lowest BCUT2D eigenvalue weighted by Crippen LogP contribution is -2.33. The summed E-state index contributed by atoms with van der Waals surface area (Å²) in [5, 5.41) is 10.2. The molecule has 2 atom stereocenters. The van der Waals surface area contributed by atoms with Crippen molar-refractivity contribution in [3.63, 3.8) is 0 Å². The summed E-state index contributed by atoms with van der Waals surface area (Å²) in [4.78, 5) is 1.17. The number of halogens is 3. The van der Waals surface area contributed by atoms with E-state index in [1.54, 1.807) is 17.4 Å². The van der Waals surface area contributed by atoms with E-state index in [1.807, 2.05) is 41.4 Å². The van der Waals surface area contributed by atoms with Crippen LogP contribution in [0.2, 0.25) is 10.0 Å². The van der Waals surface area contributed by atoms with Gasteiger partial charge in [0.15, 0.2) is 0 Å². The van der Waals surface area contributed by atoms with Crippen LogP contribution in [0.3, 0.4) is 0 Å². The molecule has 2 aliphatic rings. The highest BCUT2D eigenvalue weighted by molar-refractivity contribution is 9.10. The van der Waals surface area contributed by atoms with E-state index >= 15 is 0 Å². The van der Waals surface area contributed by atoms with Gasteiger partial charge in [0.25, 0.3) is 0 Å². The highest BCUT2D eigenvalue weighted by Crippen LogP contribution is 2.51. The van der Waals surface area contributed by atoms with Crippen molar-refractivity contribution in [2.24, 2.45) is 5.10 Å². The fourth-order valence-corrected chi connectivity index (χ4v) is 5.09. The molecule has 27 heavy (non-hydrogen) atoms. The van der Waals surface area contributed by atoms with Crippen molar-refractivity contribution in [1.29, 1.82) is 0 Å². The van der Waals surface area contributed by atoms with Crippen LogP contribution in [-0.2, 0) is 0 Å². The molecule has 1 aromatic heterocycles. The maximum Gasteiger partial charge on any atom is 0.213 e. The molecule has 5 rings (SSSR count). The van der Waals surface area contributed by atoms with Gasteiger partial charge in [0, 0.05) is 27.0 Å². The van der Waals surface area contributed by atoms with Crippen LogP contribution < -0.4 is 4.74 Å². The second kappa shape index (κ2) is 6.82. The summed E-state index contributed by atoms with van der Waals surface area (Å²) in [5.74, 6) is 0.692. The Hall–Kier alpha value is -1.53. The van der Waals surface area contributed by atoms with Crippen LogP contribution in [0.25, 0.3) is 0 Å². The zero-order chi connectivity index (χ0) is 18.5. The van der Waals surface area contributed by atoms with E-state index in [0.29, 0.717) is 15.8 Å². The summed E-state index contributed by atoms with van der Waals surface area (Å²) in [5.41, 5.74) is 3.07. The lowest BCUT2D eigenvalue weighted by atomic mass is 9.97. The number of hydrogen-bond acceptors (Lipinski definition) is 4. The van der Waals surface area contributed by atoms with Gasteiger partial charge in [-0.1, -0.05) is 57.3 Å². The summed E-state index contributed by atoms with van der Waals surface area (Å²) in [6, 6.07) is 15.9. The Kier molecular flexibility index (Phi) is 4.43. The summed E-state index contributed by atoms with van der Waals surface area (Å²) in [6.07, 6.45) is 0.451. The van der Waals surface area contributed by atoms with Crippen LogP contribution in [0.15, 0.2) is 63.5 Å². The van der Waals surface area contributed by atoms with Gasteiger partial charge in [0.2, 0.25) is 6.23 Å². The molecule has 2 aromatic carbocycles. The van der Waals surface area contributed by atoms with E-state index in [-0.39, 0.29) is 12.3 Å². The third kappa shape index (κ3) is 3.07. The number of hydrazone groups is 1. The van der Waals surface area contributed by atoms with Crippen LogP contribution in [0, 0.1) is 0 Å². The monoisotopic (exact) mass is 478 g/mol. The third-order valence-electron chi connectivity index (χ3n) is 4.77. The van der Waals surface area contributed by atoms with Gasteiger partial charge in [-0.15, -0.1) is 11.3 Å². The minimum atomic E-state index is -0.341. The first-order valence-corrected chi connectivity index (χ1v) is 10.8. The third-order valence-corrected chi connectivity index (χ3v) is 6.72. The van der Waals surface area contributed by atoms with E-state index in [4.69, 9.17) is 33.0 Å². The molecule has 3 nitrogen and oxygen atoms in total. The SMILES string of the molecule is Clc1cc(Cl)c2c(c1)C1CC(c3cccs3)=NN1C(c1ccc(Br)cc1)O2. The Bertz CT molecular complexity index is 1040. The van der Waals surface area contributed by atoms with Crippen molar-refractivity contribution in [2.75, 3.05) is 0 Å². The van der Waals surface area contributed by atoms with Gasteiger partial charge in [-0.2, -0.15) is 5.10 Å². The van der Waals surface area contributed by atoms with Gasteiger partial charge in [0.1, 0.15) is 5.75 Å². The van der Waals surface area contributed by atoms with Crippen molar-refractivity contribution in [3.8, 4) is 5.75 Å². The molecule has 0 saturated carbocycles. The molecule has 2 unspecified atom stereocenters. The first kappa shape index (κ1) is 17.6. The Morgan fingerprint density at radius 1 is 1.15 bits per heavy atom. The smallest absolute Gasteiger partial charge is 0.213 e. The number of ether oxygens (including phenoxy) is 1. The molecule has 0 fully saturated rings. The van der Waals surface area contributed by atoms with E-state index in [1.165, 1.54) is 4.88 Å². The molecule has 3 aromatic rings. The van der Waals surface area contributed by atoms with Crippen LogP contribution in [0.5, 0.6) is 5.75 Å². The Balaban J connectivity index is 1.64. The van der Waals surface area contributed by atoms with Crippen molar-refractivity contribution in [2.45, 2.75) is 18.7 Å². The highest BCUT2D eigenvalue weighted by Gasteiger charge is 2.42. The summed E-state index contributed by atoms with van der Waals surface area (Å²) < 4.78 is 7.36. The minimum Gasteiger partial charge on any atom is -0.463 e. The fourth-order valence-electron chi connectivity index (χ4n) is 3.55. The molecular weight excluding hydrogens is 467 g/mol. The maximum atomic E-state index is 6.48. The quantitative estimate of drug-likeness (QED) is 0.393. The molecule has 3 heterocycles. The number of nitrogens with zero attached hydrogens (tertiary/aromatic N) is 2. The van der Waals surface area contributed by atoms with Crippen molar-refractivity contribution in [1.82, 2.24) is 5.01 Å². The van der Waals surface area contributed by atoms with Gasteiger partial charge in [-0.05, 0) is 35.7 Å². The molecule has 0 bridgehead atoms. The predicted molar refractivity (Wildman–Crippen MR) is 114 cm³/mol. The first-order valence-electron chi connectivity index (χ1n) is 8.41. The van der Waals surface area contributed by atoms with Gasteiger partial charge in [-0.25, -0.2) is 5.01 Å². The second-order valence-corrected chi connectivity index (χ2v) is 9.16. The largest absolute Gasteiger partial charge is 0.463 e. The zero-order valence-corrected chi connectivity index (χ0v) is 17.8. The van der Waals surface area contributed by atoms with E-state index in [9.17, 15) is 0 Å². The Labute approximate surface area is 179 Å². The maximum absolute atomic E-state index is 6.48. The molecular formula is C20H13BrCl2N2OS. The molecule has 2 aliphatic heterocycles. The average molecular weight is 480 g/mol.